The number of thioether (sulfide) groups is 1. The van der Waals surface area contributed by atoms with E-state index < -0.39 is 0 Å². The average Bonchev–Trinajstić information content (AvgIpc) is 3.08. The lowest BCUT2D eigenvalue weighted by atomic mass is 10.0. The Bertz CT molecular complexity index is 495. The standard InChI is InChI=1S/C16H22N2S/c1-17-15(12-6-2-3-7-12)11-19-16-10-13-8-4-5-9-14(13)18-16/h4-5,8-10,12,15,17-18H,2-3,6-7,11H2,1H3. The number of hydrogen-bond donors (Lipinski definition) is 2. The predicted octanol–water partition coefficient (Wildman–Crippen LogP) is 4.04. The van der Waals surface area contributed by atoms with Crippen molar-refractivity contribution in [3.63, 3.8) is 0 Å². The second-order valence-electron chi connectivity index (χ2n) is 5.47. The number of para-hydroxylation sites is 1. The molecule has 1 fully saturated rings. The van der Waals surface area contributed by atoms with Gasteiger partial charge >= 0.3 is 0 Å². The third-order valence-electron chi connectivity index (χ3n) is 4.26. The summed E-state index contributed by atoms with van der Waals surface area (Å²) >= 11 is 1.95. The molecule has 1 unspecified atom stereocenters. The van der Waals surface area contributed by atoms with E-state index in [0.717, 1.165) is 11.7 Å². The van der Waals surface area contributed by atoms with Crippen molar-refractivity contribution >= 4 is 22.7 Å². The van der Waals surface area contributed by atoms with Crippen LogP contribution < -0.4 is 5.32 Å². The molecule has 2 aromatic rings. The summed E-state index contributed by atoms with van der Waals surface area (Å²) in [6.45, 7) is 0. The van der Waals surface area contributed by atoms with E-state index in [9.17, 15) is 0 Å². The van der Waals surface area contributed by atoms with Crippen LogP contribution in [0.25, 0.3) is 10.9 Å². The van der Waals surface area contributed by atoms with Crippen molar-refractivity contribution in [3.05, 3.63) is 30.3 Å². The van der Waals surface area contributed by atoms with Crippen LogP contribution in [0.15, 0.2) is 35.4 Å². The molecule has 1 heterocycles. The number of H-pyrrole nitrogens is 1. The first-order chi connectivity index (χ1) is 9.36. The molecule has 1 aromatic heterocycles. The number of benzene rings is 1. The van der Waals surface area contributed by atoms with Crippen LogP contribution in [0.5, 0.6) is 0 Å². The topological polar surface area (TPSA) is 27.8 Å². The van der Waals surface area contributed by atoms with Crippen LogP contribution >= 0.6 is 11.8 Å². The number of aromatic nitrogens is 1. The highest BCUT2D eigenvalue weighted by Gasteiger charge is 2.23. The highest BCUT2D eigenvalue weighted by Crippen LogP contribution is 2.31. The van der Waals surface area contributed by atoms with Gasteiger partial charge < -0.3 is 10.3 Å². The van der Waals surface area contributed by atoms with Crippen molar-refractivity contribution in [2.75, 3.05) is 12.8 Å². The molecule has 3 heteroatoms. The molecule has 1 aliphatic rings. The molecule has 0 spiro atoms. The quantitative estimate of drug-likeness (QED) is 0.805. The van der Waals surface area contributed by atoms with E-state index in [2.05, 4.69) is 47.7 Å². The Hall–Kier alpha value is -0.930. The van der Waals surface area contributed by atoms with E-state index >= 15 is 0 Å². The molecular formula is C16H22N2S. The van der Waals surface area contributed by atoms with Gasteiger partial charge in [0.1, 0.15) is 0 Å². The van der Waals surface area contributed by atoms with Crippen molar-refractivity contribution in [2.24, 2.45) is 5.92 Å². The van der Waals surface area contributed by atoms with Gasteiger partial charge in [0.05, 0.1) is 5.03 Å². The predicted molar refractivity (Wildman–Crippen MR) is 83.8 cm³/mol. The summed E-state index contributed by atoms with van der Waals surface area (Å²) in [5.41, 5.74) is 1.24. The Morgan fingerprint density at radius 1 is 1.32 bits per heavy atom. The van der Waals surface area contributed by atoms with Crippen LogP contribution in [0.2, 0.25) is 0 Å². The molecule has 1 atom stereocenters. The molecule has 1 saturated carbocycles. The summed E-state index contributed by atoms with van der Waals surface area (Å²) in [7, 11) is 2.11. The van der Waals surface area contributed by atoms with E-state index in [-0.39, 0.29) is 0 Å². The zero-order chi connectivity index (χ0) is 13.1. The number of hydrogen-bond acceptors (Lipinski definition) is 2. The SMILES string of the molecule is CNC(CSc1cc2ccccc2[nH]1)C1CCCC1. The van der Waals surface area contributed by atoms with Gasteiger partial charge in [0, 0.05) is 22.7 Å². The molecule has 0 amide bonds. The summed E-state index contributed by atoms with van der Waals surface area (Å²) in [4.78, 5) is 3.50. The van der Waals surface area contributed by atoms with Gasteiger partial charge in [0.2, 0.25) is 0 Å². The first-order valence-corrected chi connectivity index (χ1v) is 8.23. The van der Waals surface area contributed by atoms with Gasteiger partial charge in [-0.2, -0.15) is 0 Å². The average molecular weight is 274 g/mol. The van der Waals surface area contributed by atoms with Crippen molar-refractivity contribution < 1.29 is 0 Å². The second kappa shape index (κ2) is 6.02. The molecule has 0 aliphatic heterocycles. The van der Waals surface area contributed by atoms with Gasteiger partial charge in [-0.1, -0.05) is 31.0 Å². The van der Waals surface area contributed by atoms with Gasteiger partial charge in [-0.15, -0.1) is 11.8 Å². The Labute approximate surface area is 119 Å². The minimum absolute atomic E-state index is 0.652. The summed E-state index contributed by atoms with van der Waals surface area (Å²) in [6.07, 6.45) is 5.64. The van der Waals surface area contributed by atoms with E-state index in [1.165, 1.54) is 41.6 Å². The Morgan fingerprint density at radius 3 is 2.84 bits per heavy atom. The summed E-state index contributed by atoms with van der Waals surface area (Å²) in [5.74, 6) is 2.04. The highest BCUT2D eigenvalue weighted by atomic mass is 32.2. The maximum atomic E-state index is 3.51. The third-order valence-corrected chi connectivity index (χ3v) is 5.32. The zero-order valence-electron chi connectivity index (χ0n) is 11.5. The first kappa shape index (κ1) is 13.1. The summed E-state index contributed by atoms with van der Waals surface area (Å²) < 4.78 is 0. The third kappa shape index (κ3) is 2.98. The van der Waals surface area contributed by atoms with E-state index in [4.69, 9.17) is 0 Å². The molecule has 1 aromatic carbocycles. The molecular weight excluding hydrogens is 252 g/mol. The fraction of sp³-hybridized carbons (Fsp3) is 0.500. The monoisotopic (exact) mass is 274 g/mol. The van der Waals surface area contributed by atoms with Crippen LogP contribution in [0.1, 0.15) is 25.7 Å². The van der Waals surface area contributed by atoms with Gasteiger partial charge in [-0.25, -0.2) is 0 Å². The van der Waals surface area contributed by atoms with Crippen LogP contribution in [0.3, 0.4) is 0 Å². The smallest absolute Gasteiger partial charge is 0.0733 e. The molecule has 2 nitrogen and oxygen atoms in total. The van der Waals surface area contributed by atoms with Crippen LogP contribution in [-0.4, -0.2) is 23.8 Å². The largest absolute Gasteiger partial charge is 0.350 e. The molecule has 0 radical (unpaired) electrons. The summed E-state index contributed by atoms with van der Waals surface area (Å²) in [5, 5.41) is 6.12. The lowest BCUT2D eigenvalue weighted by molar-refractivity contribution is 0.410. The van der Waals surface area contributed by atoms with Gasteiger partial charge in [-0.05, 0) is 37.9 Å². The normalized spacial score (nSPS) is 18.2. The van der Waals surface area contributed by atoms with E-state index in [0.29, 0.717) is 6.04 Å². The molecule has 0 bridgehead atoms. The molecule has 2 N–H and O–H groups in total. The van der Waals surface area contributed by atoms with Crippen LogP contribution in [-0.2, 0) is 0 Å². The van der Waals surface area contributed by atoms with Gasteiger partial charge in [0.15, 0.2) is 0 Å². The number of aromatic amines is 1. The number of nitrogens with one attached hydrogen (secondary N) is 2. The molecule has 1 aliphatic carbocycles. The number of rotatable bonds is 5. The van der Waals surface area contributed by atoms with Crippen LogP contribution in [0.4, 0.5) is 0 Å². The van der Waals surface area contributed by atoms with Crippen LogP contribution in [0, 0.1) is 5.92 Å². The summed E-state index contributed by atoms with van der Waals surface area (Å²) in [6, 6.07) is 11.4. The Balaban J connectivity index is 1.64. The molecule has 3 rings (SSSR count). The van der Waals surface area contributed by atoms with Crippen molar-refractivity contribution in [1.29, 1.82) is 0 Å². The maximum absolute atomic E-state index is 3.51. The minimum Gasteiger partial charge on any atom is -0.350 e. The van der Waals surface area contributed by atoms with E-state index in [1.54, 1.807) is 0 Å². The lowest BCUT2D eigenvalue weighted by Gasteiger charge is -2.22. The fourth-order valence-corrected chi connectivity index (χ4v) is 4.31. The molecule has 0 saturated heterocycles. The highest BCUT2D eigenvalue weighted by molar-refractivity contribution is 7.99. The van der Waals surface area contributed by atoms with E-state index in [1.807, 2.05) is 11.8 Å². The minimum atomic E-state index is 0.652. The van der Waals surface area contributed by atoms with Crippen molar-refractivity contribution in [2.45, 2.75) is 36.8 Å². The van der Waals surface area contributed by atoms with Crippen molar-refractivity contribution in [1.82, 2.24) is 10.3 Å². The Morgan fingerprint density at radius 2 is 2.11 bits per heavy atom. The van der Waals surface area contributed by atoms with Crippen molar-refractivity contribution in [3.8, 4) is 0 Å². The number of fused-ring (bicyclic) bond motifs is 1. The Kier molecular flexibility index (Phi) is 4.14. The van der Waals surface area contributed by atoms with Gasteiger partial charge in [-0.3, -0.25) is 0 Å². The maximum Gasteiger partial charge on any atom is 0.0733 e. The molecule has 19 heavy (non-hydrogen) atoms. The fourth-order valence-electron chi connectivity index (χ4n) is 3.12. The van der Waals surface area contributed by atoms with Gasteiger partial charge in [0.25, 0.3) is 0 Å². The first-order valence-electron chi connectivity index (χ1n) is 7.24. The second-order valence-corrected chi connectivity index (χ2v) is 6.53. The molecule has 102 valence electrons. The lowest BCUT2D eigenvalue weighted by Crippen LogP contribution is -2.34. The zero-order valence-corrected chi connectivity index (χ0v) is 12.3.